The first-order chi connectivity index (χ1) is 11.4. The zero-order chi connectivity index (χ0) is 17.6. The van der Waals surface area contributed by atoms with Crippen LogP contribution in [0.2, 0.25) is 0 Å². The largest absolute Gasteiger partial charge is 0.243 e. The van der Waals surface area contributed by atoms with Crippen LogP contribution in [0, 0.1) is 11.3 Å². The SMILES string of the molecule is CC(C)c1ccc(S(=O)(=O)N(CCC#N)Cc2ccccc2)cc1. The van der Waals surface area contributed by atoms with Gasteiger partial charge in [-0.25, -0.2) is 8.42 Å². The maximum Gasteiger partial charge on any atom is 0.243 e. The number of benzene rings is 2. The zero-order valence-corrected chi connectivity index (χ0v) is 14.8. The topological polar surface area (TPSA) is 61.2 Å². The van der Waals surface area contributed by atoms with E-state index in [1.165, 1.54) is 4.31 Å². The van der Waals surface area contributed by atoms with Crippen LogP contribution in [-0.4, -0.2) is 19.3 Å². The highest BCUT2D eigenvalue weighted by Crippen LogP contribution is 2.22. The van der Waals surface area contributed by atoms with E-state index < -0.39 is 10.0 Å². The molecule has 0 heterocycles. The molecule has 2 aromatic carbocycles. The van der Waals surface area contributed by atoms with Gasteiger partial charge in [0.05, 0.1) is 11.0 Å². The van der Waals surface area contributed by atoms with E-state index in [1.54, 1.807) is 12.1 Å². The first-order valence-electron chi connectivity index (χ1n) is 7.96. The van der Waals surface area contributed by atoms with Crippen LogP contribution in [0.1, 0.15) is 37.3 Å². The number of sulfonamides is 1. The van der Waals surface area contributed by atoms with E-state index in [0.29, 0.717) is 5.92 Å². The van der Waals surface area contributed by atoms with Crippen molar-refractivity contribution in [3.05, 3.63) is 65.7 Å². The van der Waals surface area contributed by atoms with Gasteiger partial charge in [0.15, 0.2) is 0 Å². The number of rotatable bonds is 7. The molecule has 4 nitrogen and oxygen atoms in total. The second kappa shape index (κ2) is 8.09. The van der Waals surface area contributed by atoms with Gasteiger partial charge >= 0.3 is 0 Å². The van der Waals surface area contributed by atoms with Crippen molar-refractivity contribution in [3.63, 3.8) is 0 Å². The average molecular weight is 342 g/mol. The van der Waals surface area contributed by atoms with Crippen molar-refractivity contribution in [2.75, 3.05) is 6.54 Å². The normalized spacial score (nSPS) is 11.6. The second-order valence-corrected chi connectivity index (χ2v) is 7.89. The molecule has 0 atom stereocenters. The van der Waals surface area contributed by atoms with Crippen molar-refractivity contribution in [1.82, 2.24) is 4.31 Å². The average Bonchev–Trinajstić information content (AvgIpc) is 2.59. The number of hydrogen-bond acceptors (Lipinski definition) is 3. The van der Waals surface area contributed by atoms with Gasteiger partial charge in [-0.15, -0.1) is 0 Å². The molecule has 0 aliphatic heterocycles. The van der Waals surface area contributed by atoms with Crippen LogP contribution in [0.15, 0.2) is 59.5 Å². The van der Waals surface area contributed by atoms with Crippen LogP contribution < -0.4 is 0 Å². The van der Waals surface area contributed by atoms with Gasteiger partial charge in [-0.3, -0.25) is 0 Å². The Morgan fingerprint density at radius 3 is 2.21 bits per heavy atom. The Balaban J connectivity index is 2.30. The summed E-state index contributed by atoms with van der Waals surface area (Å²) in [6.07, 6.45) is 0.163. The van der Waals surface area contributed by atoms with Crippen molar-refractivity contribution in [1.29, 1.82) is 5.26 Å². The van der Waals surface area contributed by atoms with E-state index in [4.69, 9.17) is 5.26 Å². The maximum atomic E-state index is 12.9. The Morgan fingerprint density at radius 2 is 1.67 bits per heavy atom. The van der Waals surface area contributed by atoms with Crippen molar-refractivity contribution in [2.45, 2.75) is 37.6 Å². The molecule has 126 valence electrons. The molecular formula is C19H22N2O2S. The van der Waals surface area contributed by atoms with Gasteiger partial charge in [-0.1, -0.05) is 56.3 Å². The standard InChI is InChI=1S/C19H22N2O2S/c1-16(2)18-9-11-19(12-10-18)24(22,23)21(14-6-13-20)15-17-7-4-3-5-8-17/h3-5,7-12,16H,6,14-15H2,1-2H3. The van der Waals surface area contributed by atoms with Crippen LogP contribution in [0.3, 0.4) is 0 Å². The van der Waals surface area contributed by atoms with Gasteiger partial charge < -0.3 is 0 Å². The van der Waals surface area contributed by atoms with Gasteiger partial charge in [-0.05, 0) is 29.2 Å². The number of hydrogen-bond donors (Lipinski definition) is 0. The van der Waals surface area contributed by atoms with Crippen LogP contribution in [0.5, 0.6) is 0 Å². The fraction of sp³-hybridized carbons (Fsp3) is 0.316. The minimum atomic E-state index is -3.63. The molecule has 0 aliphatic rings. The van der Waals surface area contributed by atoms with E-state index in [0.717, 1.165) is 11.1 Å². The molecule has 0 spiro atoms. The monoisotopic (exact) mass is 342 g/mol. The fourth-order valence-corrected chi connectivity index (χ4v) is 3.85. The van der Waals surface area contributed by atoms with Gasteiger partial charge in [0, 0.05) is 19.5 Å². The molecule has 24 heavy (non-hydrogen) atoms. The molecule has 0 fully saturated rings. The van der Waals surface area contributed by atoms with Crippen LogP contribution in [0.25, 0.3) is 0 Å². The first-order valence-corrected chi connectivity index (χ1v) is 9.40. The molecule has 0 saturated carbocycles. The van der Waals surface area contributed by atoms with Gasteiger partial charge in [0.2, 0.25) is 10.0 Å². The Morgan fingerprint density at radius 1 is 1.04 bits per heavy atom. The van der Waals surface area contributed by atoms with Crippen LogP contribution in [0.4, 0.5) is 0 Å². The smallest absolute Gasteiger partial charge is 0.207 e. The van der Waals surface area contributed by atoms with Gasteiger partial charge in [0.1, 0.15) is 0 Å². The zero-order valence-electron chi connectivity index (χ0n) is 14.0. The predicted molar refractivity (Wildman–Crippen MR) is 94.8 cm³/mol. The second-order valence-electron chi connectivity index (χ2n) is 5.96. The first kappa shape index (κ1) is 18.2. The summed E-state index contributed by atoms with van der Waals surface area (Å²) in [6, 6.07) is 18.4. The Kier molecular flexibility index (Phi) is 6.13. The van der Waals surface area contributed by atoms with E-state index in [2.05, 4.69) is 13.8 Å². The molecule has 0 N–H and O–H groups in total. The molecule has 0 aliphatic carbocycles. The number of nitriles is 1. The third kappa shape index (κ3) is 4.44. The van der Waals surface area contributed by atoms with E-state index >= 15 is 0 Å². The van der Waals surface area contributed by atoms with Gasteiger partial charge in [0.25, 0.3) is 0 Å². The Hall–Kier alpha value is -2.16. The quantitative estimate of drug-likeness (QED) is 0.766. The van der Waals surface area contributed by atoms with Crippen LogP contribution in [-0.2, 0) is 16.6 Å². The molecule has 0 unspecified atom stereocenters. The molecule has 5 heteroatoms. The highest BCUT2D eigenvalue weighted by atomic mass is 32.2. The van der Waals surface area contributed by atoms with E-state index in [1.807, 2.05) is 48.5 Å². The highest BCUT2D eigenvalue weighted by Gasteiger charge is 2.24. The molecular weight excluding hydrogens is 320 g/mol. The van der Waals surface area contributed by atoms with Crippen molar-refractivity contribution < 1.29 is 8.42 Å². The maximum absolute atomic E-state index is 12.9. The van der Waals surface area contributed by atoms with Crippen molar-refractivity contribution in [3.8, 4) is 6.07 Å². The molecule has 2 rings (SSSR count). The summed E-state index contributed by atoms with van der Waals surface area (Å²) in [5.41, 5.74) is 2.00. The highest BCUT2D eigenvalue weighted by molar-refractivity contribution is 7.89. The summed E-state index contributed by atoms with van der Waals surface area (Å²) in [4.78, 5) is 0.265. The molecule has 0 amide bonds. The molecule has 0 aromatic heterocycles. The summed E-state index contributed by atoms with van der Waals surface area (Å²) in [7, 11) is -3.63. The van der Waals surface area contributed by atoms with E-state index in [-0.39, 0.29) is 24.4 Å². The lowest BCUT2D eigenvalue weighted by molar-refractivity contribution is 0.413. The molecule has 0 bridgehead atoms. The third-order valence-corrected chi connectivity index (χ3v) is 5.72. The van der Waals surface area contributed by atoms with Gasteiger partial charge in [-0.2, -0.15) is 9.57 Å². The minimum Gasteiger partial charge on any atom is -0.207 e. The summed E-state index contributed by atoms with van der Waals surface area (Å²) in [5.74, 6) is 0.348. The summed E-state index contributed by atoms with van der Waals surface area (Å²) in [6.45, 7) is 4.58. The third-order valence-electron chi connectivity index (χ3n) is 3.86. The summed E-state index contributed by atoms with van der Waals surface area (Å²) >= 11 is 0. The molecule has 0 saturated heterocycles. The van der Waals surface area contributed by atoms with Crippen LogP contribution >= 0.6 is 0 Å². The van der Waals surface area contributed by atoms with Crippen molar-refractivity contribution >= 4 is 10.0 Å². The van der Waals surface area contributed by atoms with Crippen molar-refractivity contribution in [2.24, 2.45) is 0 Å². The lowest BCUT2D eigenvalue weighted by Crippen LogP contribution is -2.31. The van der Waals surface area contributed by atoms with E-state index in [9.17, 15) is 8.42 Å². The Labute approximate surface area is 144 Å². The Bertz CT molecular complexity index is 792. The molecule has 0 radical (unpaired) electrons. The predicted octanol–water partition coefficient (Wildman–Crippen LogP) is 3.91. The summed E-state index contributed by atoms with van der Waals surface area (Å²) in [5, 5.41) is 8.84. The lowest BCUT2D eigenvalue weighted by Gasteiger charge is -2.21. The molecule has 2 aromatic rings. The fourth-order valence-electron chi connectivity index (χ4n) is 2.42. The summed E-state index contributed by atoms with van der Waals surface area (Å²) < 4.78 is 27.3. The number of nitrogens with zero attached hydrogens (tertiary/aromatic N) is 2. The lowest BCUT2D eigenvalue weighted by atomic mass is 10.0. The minimum absolute atomic E-state index is 0.163.